The van der Waals surface area contributed by atoms with Gasteiger partial charge in [-0.2, -0.15) is 4.91 Å². The predicted molar refractivity (Wildman–Crippen MR) is 92.0 cm³/mol. The topological polar surface area (TPSA) is 96.2 Å². The predicted octanol–water partition coefficient (Wildman–Crippen LogP) is 4.58. The highest BCUT2D eigenvalue weighted by Crippen LogP contribution is 2.27. The van der Waals surface area contributed by atoms with Gasteiger partial charge in [0.1, 0.15) is 0 Å². The number of rotatable bonds is 13. The van der Waals surface area contributed by atoms with Crippen LogP contribution in [-0.2, 0) is 4.79 Å². The molecular formula is C17H32N2O4. The molecule has 134 valence electrons. The summed E-state index contributed by atoms with van der Waals surface area (Å²) >= 11 is 0. The molecule has 23 heavy (non-hydrogen) atoms. The first-order chi connectivity index (χ1) is 10.7. The van der Waals surface area contributed by atoms with E-state index >= 15 is 0 Å². The van der Waals surface area contributed by atoms with Crippen LogP contribution in [0.1, 0.15) is 79.1 Å². The van der Waals surface area contributed by atoms with Crippen molar-refractivity contribution in [2.24, 2.45) is 21.2 Å². The fraction of sp³-hybridized carbons (Fsp3) is 0.941. The summed E-state index contributed by atoms with van der Waals surface area (Å²) in [6, 6.07) is -0.185. The number of amides is 1. The lowest BCUT2D eigenvalue weighted by atomic mass is 9.85. The fourth-order valence-corrected chi connectivity index (χ4v) is 2.49. The Morgan fingerprint density at radius 1 is 0.957 bits per heavy atom. The number of nitroso groups, excluding NO2 is 2. The van der Waals surface area contributed by atoms with Gasteiger partial charge in [0, 0.05) is 17.2 Å². The maximum atomic E-state index is 11.3. The maximum Gasteiger partial charge on any atom is 0.291 e. The van der Waals surface area contributed by atoms with Gasteiger partial charge in [-0.15, -0.1) is 4.91 Å². The summed E-state index contributed by atoms with van der Waals surface area (Å²) in [6.45, 7) is 7.66. The number of nitrogens with zero attached hydrogens (tertiary/aromatic N) is 2. The quantitative estimate of drug-likeness (QED) is 0.395. The lowest BCUT2D eigenvalue weighted by Crippen LogP contribution is -2.21. The standard InChI is InChI=1S/C17H32N2O4/c1-16(2,13-20)11-7-5-9-14(18-22)10-6-8-12-17(3,4)15(21)19-23/h14,20H,5-13H2,1-4H3. The van der Waals surface area contributed by atoms with Crippen molar-refractivity contribution < 1.29 is 9.90 Å². The van der Waals surface area contributed by atoms with Crippen molar-refractivity contribution in [2.45, 2.75) is 85.1 Å². The number of hydrogen-bond acceptors (Lipinski definition) is 5. The molecule has 1 atom stereocenters. The molecule has 0 heterocycles. The highest BCUT2D eigenvalue weighted by atomic mass is 16.3. The minimum atomic E-state index is -0.721. The summed E-state index contributed by atoms with van der Waals surface area (Å²) in [6.07, 6.45) is 6.50. The minimum absolute atomic E-state index is 0.0607. The summed E-state index contributed by atoms with van der Waals surface area (Å²) in [7, 11) is 0. The van der Waals surface area contributed by atoms with Crippen LogP contribution in [0.4, 0.5) is 0 Å². The monoisotopic (exact) mass is 328 g/mol. The van der Waals surface area contributed by atoms with Crippen molar-refractivity contribution >= 4 is 5.91 Å². The van der Waals surface area contributed by atoms with Crippen LogP contribution in [-0.4, -0.2) is 23.7 Å². The van der Waals surface area contributed by atoms with Gasteiger partial charge in [-0.1, -0.05) is 58.6 Å². The zero-order valence-electron chi connectivity index (χ0n) is 15.0. The molecule has 0 bridgehead atoms. The van der Waals surface area contributed by atoms with Crippen molar-refractivity contribution in [1.29, 1.82) is 0 Å². The molecule has 0 aromatic rings. The second-order valence-electron chi connectivity index (χ2n) is 7.85. The van der Waals surface area contributed by atoms with E-state index in [1.54, 1.807) is 13.8 Å². The first-order valence-corrected chi connectivity index (χ1v) is 8.49. The van der Waals surface area contributed by atoms with Gasteiger partial charge in [-0.05, 0) is 31.1 Å². The molecule has 0 saturated heterocycles. The van der Waals surface area contributed by atoms with Gasteiger partial charge in [0.05, 0.1) is 6.04 Å². The Morgan fingerprint density at radius 3 is 1.91 bits per heavy atom. The molecule has 0 rings (SSSR count). The van der Waals surface area contributed by atoms with E-state index in [0.29, 0.717) is 12.8 Å². The Morgan fingerprint density at radius 2 is 1.48 bits per heavy atom. The average Bonchev–Trinajstić information content (AvgIpc) is 2.52. The fourth-order valence-electron chi connectivity index (χ4n) is 2.49. The van der Waals surface area contributed by atoms with Gasteiger partial charge in [0.25, 0.3) is 5.91 Å². The number of unbranched alkanes of at least 4 members (excludes halogenated alkanes) is 2. The van der Waals surface area contributed by atoms with E-state index < -0.39 is 11.3 Å². The van der Waals surface area contributed by atoms with Crippen LogP contribution in [0.2, 0.25) is 0 Å². The van der Waals surface area contributed by atoms with Crippen molar-refractivity contribution in [1.82, 2.24) is 0 Å². The summed E-state index contributed by atoms with van der Waals surface area (Å²) < 4.78 is 0. The molecule has 1 N–H and O–H groups in total. The van der Waals surface area contributed by atoms with E-state index in [1.807, 2.05) is 13.8 Å². The largest absolute Gasteiger partial charge is 0.396 e. The van der Waals surface area contributed by atoms with Crippen LogP contribution in [0.15, 0.2) is 10.4 Å². The molecule has 0 aliphatic carbocycles. The molecule has 6 nitrogen and oxygen atoms in total. The molecule has 6 heteroatoms. The van der Waals surface area contributed by atoms with Crippen LogP contribution in [0.25, 0.3) is 0 Å². The van der Waals surface area contributed by atoms with Crippen molar-refractivity contribution in [2.75, 3.05) is 6.61 Å². The van der Waals surface area contributed by atoms with Crippen LogP contribution >= 0.6 is 0 Å². The highest BCUT2D eigenvalue weighted by molar-refractivity contribution is 5.82. The summed E-state index contributed by atoms with van der Waals surface area (Å²) in [4.78, 5) is 32.5. The van der Waals surface area contributed by atoms with E-state index in [1.165, 1.54) is 0 Å². The molecule has 0 saturated carbocycles. The maximum absolute atomic E-state index is 11.3. The van der Waals surface area contributed by atoms with Crippen LogP contribution in [0, 0.1) is 20.6 Å². The van der Waals surface area contributed by atoms with E-state index in [4.69, 9.17) is 0 Å². The van der Waals surface area contributed by atoms with Crippen LogP contribution < -0.4 is 0 Å². The second kappa shape index (κ2) is 10.6. The van der Waals surface area contributed by atoms with Gasteiger partial charge < -0.3 is 5.11 Å². The van der Waals surface area contributed by atoms with E-state index in [-0.39, 0.29) is 18.1 Å². The highest BCUT2D eigenvalue weighted by Gasteiger charge is 2.28. The Balaban J connectivity index is 3.93. The average molecular weight is 328 g/mol. The molecular weight excluding hydrogens is 296 g/mol. The van der Waals surface area contributed by atoms with Crippen LogP contribution in [0.3, 0.4) is 0 Å². The molecule has 0 aliphatic rings. The lowest BCUT2D eigenvalue weighted by Gasteiger charge is -2.21. The zero-order valence-corrected chi connectivity index (χ0v) is 15.0. The molecule has 0 aromatic heterocycles. The third kappa shape index (κ3) is 9.54. The van der Waals surface area contributed by atoms with Gasteiger partial charge in [0.2, 0.25) is 0 Å². The number of carbonyl (C=O) groups is 1. The summed E-state index contributed by atoms with van der Waals surface area (Å²) in [5, 5.41) is 14.9. The Hall–Kier alpha value is -1.17. The number of aliphatic hydroxyl groups excluding tert-OH is 1. The molecule has 0 spiro atoms. The Kier molecular flexibility index (Phi) is 10.0. The Labute approximate surface area is 139 Å². The summed E-state index contributed by atoms with van der Waals surface area (Å²) in [5.74, 6) is -0.617. The van der Waals surface area contributed by atoms with Gasteiger partial charge in [0.15, 0.2) is 0 Å². The zero-order chi connectivity index (χ0) is 17.9. The van der Waals surface area contributed by atoms with E-state index in [0.717, 1.165) is 38.5 Å². The minimum Gasteiger partial charge on any atom is -0.396 e. The van der Waals surface area contributed by atoms with Gasteiger partial charge >= 0.3 is 0 Å². The van der Waals surface area contributed by atoms with Crippen molar-refractivity contribution in [3.05, 3.63) is 9.81 Å². The molecule has 0 aliphatic heterocycles. The van der Waals surface area contributed by atoms with Gasteiger partial charge in [-0.3, -0.25) is 4.79 Å². The number of hydrogen-bond donors (Lipinski definition) is 1. The van der Waals surface area contributed by atoms with Crippen molar-refractivity contribution in [3.8, 4) is 0 Å². The number of aliphatic hydroxyl groups is 1. The van der Waals surface area contributed by atoms with Crippen molar-refractivity contribution in [3.63, 3.8) is 0 Å². The van der Waals surface area contributed by atoms with E-state index in [9.17, 15) is 19.7 Å². The van der Waals surface area contributed by atoms with Crippen LogP contribution in [0.5, 0.6) is 0 Å². The van der Waals surface area contributed by atoms with E-state index in [2.05, 4.69) is 10.4 Å². The Bertz CT molecular complexity index is 381. The second-order valence-corrected chi connectivity index (χ2v) is 7.85. The molecule has 1 amide bonds. The van der Waals surface area contributed by atoms with Gasteiger partial charge in [-0.25, -0.2) is 0 Å². The smallest absolute Gasteiger partial charge is 0.291 e. The molecule has 0 fully saturated rings. The molecule has 0 aromatic carbocycles. The molecule has 0 radical (unpaired) electrons. The first kappa shape index (κ1) is 21.8. The third-order valence-electron chi connectivity index (χ3n) is 4.47. The first-order valence-electron chi connectivity index (χ1n) is 8.49. The third-order valence-corrected chi connectivity index (χ3v) is 4.47. The normalized spacial score (nSPS) is 13.6. The molecule has 1 unspecified atom stereocenters. The lowest BCUT2D eigenvalue weighted by molar-refractivity contribution is -0.126. The number of carbonyl (C=O) groups excluding carboxylic acids is 1. The SMILES string of the molecule is CC(C)(CO)CCCCC(CCCCC(C)(C)C(=O)N=O)N=O. The summed E-state index contributed by atoms with van der Waals surface area (Å²) in [5.41, 5.74) is -0.781.